The molecule has 6 heteroatoms. The molecule has 0 aliphatic carbocycles. The first-order chi connectivity index (χ1) is 12.1. The van der Waals surface area contributed by atoms with Gasteiger partial charge in [-0.3, -0.25) is 19.4 Å². The van der Waals surface area contributed by atoms with Crippen molar-refractivity contribution in [3.05, 3.63) is 30.3 Å². The molecule has 0 unspecified atom stereocenters. The predicted octanol–water partition coefficient (Wildman–Crippen LogP) is 1.25. The number of piperazine rings is 1. The normalized spacial score (nSPS) is 20.4. The molecule has 2 heterocycles. The highest BCUT2D eigenvalue weighted by Gasteiger charge is 2.30. The van der Waals surface area contributed by atoms with E-state index in [1.807, 2.05) is 42.2 Å². The maximum Gasteiger partial charge on any atom is 0.239 e. The van der Waals surface area contributed by atoms with E-state index in [0.717, 1.165) is 57.8 Å². The summed E-state index contributed by atoms with van der Waals surface area (Å²) in [4.78, 5) is 31.1. The highest BCUT2D eigenvalue weighted by Crippen LogP contribution is 2.14. The molecule has 0 radical (unpaired) electrons. The van der Waals surface area contributed by atoms with Crippen LogP contribution in [-0.2, 0) is 9.59 Å². The Morgan fingerprint density at radius 2 is 1.64 bits per heavy atom. The Kier molecular flexibility index (Phi) is 6.04. The summed E-state index contributed by atoms with van der Waals surface area (Å²) in [7, 11) is 0. The van der Waals surface area contributed by atoms with Crippen molar-refractivity contribution < 1.29 is 9.59 Å². The standard InChI is InChI=1S/C19H28N4O2/c1-16(19(25)23-9-5-6-10-23)22-13-11-21(12-14-22)15-18(24)20-17-7-3-2-4-8-17/h2-4,7-8,16H,5-6,9-15H2,1H3,(H,20,24)/t16-/m1/s1. The fourth-order valence-electron chi connectivity index (χ4n) is 3.59. The van der Waals surface area contributed by atoms with Crippen LogP contribution in [0.1, 0.15) is 19.8 Å². The Hall–Kier alpha value is -1.92. The zero-order valence-corrected chi connectivity index (χ0v) is 15.0. The molecule has 1 atom stereocenters. The Morgan fingerprint density at radius 1 is 1.00 bits per heavy atom. The molecule has 2 saturated heterocycles. The summed E-state index contributed by atoms with van der Waals surface area (Å²) in [5.41, 5.74) is 0.830. The summed E-state index contributed by atoms with van der Waals surface area (Å²) < 4.78 is 0. The lowest BCUT2D eigenvalue weighted by molar-refractivity contribution is -0.136. The second kappa shape index (κ2) is 8.45. The summed E-state index contributed by atoms with van der Waals surface area (Å²) >= 11 is 0. The summed E-state index contributed by atoms with van der Waals surface area (Å²) in [6, 6.07) is 9.47. The summed E-state index contributed by atoms with van der Waals surface area (Å²) in [6.07, 6.45) is 2.26. The number of carbonyl (C=O) groups excluding carboxylic acids is 2. The fraction of sp³-hybridized carbons (Fsp3) is 0.579. The molecule has 6 nitrogen and oxygen atoms in total. The molecule has 3 rings (SSSR count). The third-order valence-electron chi connectivity index (χ3n) is 5.15. The van der Waals surface area contributed by atoms with Crippen LogP contribution in [0.3, 0.4) is 0 Å². The maximum absolute atomic E-state index is 12.5. The topological polar surface area (TPSA) is 55.9 Å². The third kappa shape index (κ3) is 4.80. The minimum absolute atomic E-state index is 0.0147. The van der Waals surface area contributed by atoms with Crippen molar-refractivity contribution in [2.45, 2.75) is 25.8 Å². The molecule has 1 aromatic carbocycles. The number of para-hydroxylation sites is 1. The van der Waals surface area contributed by atoms with Crippen molar-refractivity contribution in [2.24, 2.45) is 0 Å². The van der Waals surface area contributed by atoms with E-state index >= 15 is 0 Å². The van der Waals surface area contributed by atoms with Crippen LogP contribution >= 0.6 is 0 Å². The van der Waals surface area contributed by atoms with Crippen molar-refractivity contribution in [1.82, 2.24) is 14.7 Å². The third-order valence-corrected chi connectivity index (χ3v) is 5.15. The number of carbonyl (C=O) groups is 2. The molecular formula is C19H28N4O2. The molecule has 2 aliphatic rings. The zero-order valence-electron chi connectivity index (χ0n) is 15.0. The van der Waals surface area contributed by atoms with Crippen LogP contribution in [0.2, 0.25) is 0 Å². The van der Waals surface area contributed by atoms with Crippen molar-refractivity contribution in [2.75, 3.05) is 51.1 Å². The Morgan fingerprint density at radius 3 is 2.28 bits per heavy atom. The van der Waals surface area contributed by atoms with Crippen LogP contribution in [0.4, 0.5) is 5.69 Å². The number of hydrogen-bond donors (Lipinski definition) is 1. The monoisotopic (exact) mass is 344 g/mol. The highest BCUT2D eigenvalue weighted by molar-refractivity contribution is 5.92. The molecule has 0 saturated carbocycles. The van der Waals surface area contributed by atoms with Gasteiger partial charge in [0.25, 0.3) is 0 Å². The van der Waals surface area contributed by atoms with Crippen LogP contribution < -0.4 is 5.32 Å². The highest BCUT2D eigenvalue weighted by atomic mass is 16.2. The largest absolute Gasteiger partial charge is 0.341 e. The minimum Gasteiger partial charge on any atom is -0.341 e. The second-order valence-corrected chi connectivity index (χ2v) is 6.93. The van der Waals surface area contributed by atoms with Gasteiger partial charge in [-0.25, -0.2) is 0 Å². The van der Waals surface area contributed by atoms with Crippen molar-refractivity contribution in [1.29, 1.82) is 0 Å². The van der Waals surface area contributed by atoms with Gasteiger partial charge in [-0.1, -0.05) is 18.2 Å². The van der Waals surface area contributed by atoms with Gasteiger partial charge in [0.15, 0.2) is 0 Å². The molecule has 136 valence electrons. The quantitative estimate of drug-likeness (QED) is 0.874. The first-order valence-corrected chi connectivity index (χ1v) is 9.23. The van der Waals surface area contributed by atoms with Crippen LogP contribution in [-0.4, -0.2) is 78.4 Å². The van der Waals surface area contributed by atoms with E-state index < -0.39 is 0 Å². The van der Waals surface area contributed by atoms with Gasteiger partial charge in [0, 0.05) is 45.0 Å². The summed E-state index contributed by atoms with van der Waals surface area (Å²) in [6.45, 7) is 7.53. The van der Waals surface area contributed by atoms with Gasteiger partial charge in [-0.2, -0.15) is 0 Å². The number of benzene rings is 1. The smallest absolute Gasteiger partial charge is 0.239 e. The lowest BCUT2D eigenvalue weighted by Gasteiger charge is -2.38. The van der Waals surface area contributed by atoms with Gasteiger partial charge < -0.3 is 10.2 Å². The first kappa shape index (κ1) is 17.9. The number of nitrogens with zero attached hydrogens (tertiary/aromatic N) is 3. The molecule has 0 spiro atoms. The molecule has 0 aromatic heterocycles. The molecular weight excluding hydrogens is 316 g/mol. The lowest BCUT2D eigenvalue weighted by atomic mass is 10.2. The summed E-state index contributed by atoms with van der Waals surface area (Å²) in [5, 5.41) is 2.92. The number of likely N-dealkylation sites (tertiary alicyclic amines) is 1. The molecule has 1 N–H and O–H groups in total. The average molecular weight is 344 g/mol. The Bertz CT molecular complexity index is 578. The average Bonchev–Trinajstić information content (AvgIpc) is 3.16. The summed E-state index contributed by atoms with van der Waals surface area (Å²) in [5.74, 6) is 0.272. The van der Waals surface area contributed by atoms with Gasteiger partial charge in [0.05, 0.1) is 12.6 Å². The van der Waals surface area contributed by atoms with Crippen molar-refractivity contribution >= 4 is 17.5 Å². The number of anilines is 1. The van der Waals surface area contributed by atoms with Gasteiger partial charge in [0.1, 0.15) is 0 Å². The molecule has 1 aromatic rings. The molecule has 25 heavy (non-hydrogen) atoms. The van der Waals surface area contributed by atoms with Crippen LogP contribution in [0.5, 0.6) is 0 Å². The maximum atomic E-state index is 12.5. The van der Waals surface area contributed by atoms with Crippen LogP contribution in [0.25, 0.3) is 0 Å². The van der Waals surface area contributed by atoms with E-state index in [-0.39, 0.29) is 17.9 Å². The SMILES string of the molecule is C[C@H](C(=O)N1CCCC1)N1CCN(CC(=O)Nc2ccccc2)CC1. The molecule has 0 bridgehead atoms. The van der Waals surface area contributed by atoms with Crippen molar-refractivity contribution in [3.8, 4) is 0 Å². The number of rotatable bonds is 5. The van der Waals surface area contributed by atoms with E-state index in [2.05, 4.69) is 15.1 Å². The number of amides is 2. The number of nitrogens with one attached hydrogen (secondary N) is 1. The van der Waals surface area contributed by atoms with E-state index in [1.54, 1.807) is 0 Å². The zero-order chi connectivity index (χ0) is 17.6. The van der Waals surface area contributed by atoms with E-state index in [4.69, 9.17) is 0 Å². The number of hydrogen-bond acceptors (Lipinski definition) is 4. The minimum atomic E-state index is -0.0570. The Balaban J connectivity index is 1.42. The van der Waals surface area contributed by atoms with Gasteiger partial charge in [0.2, 0.25) is 11.8 Å². The molecule has 2 fully saturated rings. The van der Waals surface area contributed by atoms with Crippen LogP contribution in [0, 0.1) is 0 Å². The fourth-order valence-corrected chi connectivity index (χ4v) is 3.59. The van der Waals surface area contributed by atoms with Gasteiger partial charge >= 0.3 is 0 Å². The Labute approximate surface area is 149 Å². The van der Waals surface area contributed by atoms with Crippen LogP contribution in [0.15, 0.2) is 30.3 Å². The van der Waals surface area contributed by atoms with E-state index in [9.17, 15) is 9.59 Å². The van der Waals surface area contributed by atoms with E-state index in [1.165, 1.54) is 0 Å². The van der Waals surface area contributed by atoms with Gasteiger partial charge in [-0.15, -0.1) is 0 Å². The predicted molar refractivity (Wildman–Crippen MR) is 98.4 cm³/mol. The lowest BCUT2D eigenvalue weighted by Crippen LogP contribution is -2.55. The van der Waals surface area contributed by atoms with Gasteiger partial charge in [-0.05, 0) is 31.9 Å². The van der Waals surface area contributed by atoms with Crippen molar-refractivity contribution in [3.63, 3.8) is 0 Å². The van der Waals surface area contributed by atoms with E-state index in [0.29, 0.717) is 6.54 Å². The molecule has 2 aliphatic heterocycles. The second-order valence-electron chi connectivity index (χ2n) is 6.93. The first-order valence-electron chi connectivity index (χ1n) is 9.23. The molecule has 2 amide bonds.